The van der Waals surface area contributed by atoms with Crippen LogP contribution >= 0.6 is 0 Å². The van der Waals surface area contributed by atoms with Crippen molar-refractivity contribution in [2.75, 3.05) is 0 Å². The van der Waals surface area contributed by atoms with Crippen molar-refractivity contribution in [3.05, 3.63) is 24.0 Å². The molecule has 70 valence electrons. The van der Waals surface area contributed by atoms with Crippen molar-refractivity contribution in [3.63, 3.8) is 0 Å². The zero-order chi connectivity index (χ0) is 9.26. The van der Waals surface area contributed by atoms with Crippen LogP contribution in [0.5, 0.6) is 0 Å². The van der Waals surface area contributed by atoms with Gasteiger partial charge < -0.3 is 5.11 Å². The molecule has 1 aromatic rings. The largest absolute Gasteiger partial charge is 0.390 e. The lowest BCUT2D eigenvalue weighted by Crippen LogP contribution is -2.03. The molecule has 1 heterocycles. The minimum atomic E-state index is -0.0109. The maximum atomic E-state index is 9.03. The number of hydrogen-bond donors (Lipinski definition) is 1. The van der Waals surface area contributed by atoms with Gasteiger partial charge in [0, 0.05) is 5.92 Å². The summed E-state index contributed by atoms with van der Waals surface area (Å²) in [7, 11) is 0. The highest BCUT2D eigenvalue weighted by Crippen LogP contribution is 2.41. The van der Waals surface area contributed by atoms with E-state index in [2.05, 4.69) is 16.9 Å². The van der Waals surface area contributed by atoms with Gasteiger partial charge in [0.2, 0.25) is 0 Å². The average Bonchev–Trinajstić information content (AvgIpc) is 2.89. The zero-order valence-electron chi connectivity index (χ0n) is 7.48. The van der Waals surface area contributed by atoms with Crippen molar-refractivity contribution in [2.45, 2.75) is 31.9 Å². The molecule has 0 bridgehead atoms. The second-order valence-corrected chi connectivity index (χ2v) is 3.32. The van der Waals surface area contributed by atoms with Gasteiger partial charge in [-0.25, -0.2) is 4.68 Å². The summed E-state index contributed by atoms with van der Waals surface area (Å²) in [5.41, 5.74) is 1.83. The first-order valence-electron chi connectivity index (χ1n) is 4.50. The fraction of sp³-hybridized carbons (Fsp3) is 0.556. The first-order chi connectivity index (χ1) is 6.36. The van der Waals surface area contributed by atoms with E-state index in [0.29, 0.717) is 12.5 Å². The second kappa shape index (κ2) is 3.30. The molecular weight excluding hydrogens is 166 g/mol. The molecular formula is C9H13N3O. The number of hydrogen-bond acceptors (Lipinski definition) is 3. The molecule has 1 saturated carbocycles. The Labute approximate surface area is 76.9 Å². The van der Waals surface area contributed by atoms with Crippen LogP contribution in [0.1, 0.15) is 30.1 Å². The minimum Gasteiger partial charge on any atom is -0.390 e. The third-order valence-corrected chi connectivity index (χ3v) is 2.26. The number of aliphatic hydroxyl groups is 1. The lowest BCUT2D eigenvalue weighted by atomic mass is 10.2. The van der Waals surface area contributed by atoms with Crippen LogP contribution < -0.4 is 0 Å². The Bertz CT molecular complexity index is 315. The number of aliphatic hydroxyl groups excluding tert-OH is 1. The predicted octanol–water partition coefficient (Wildman–Crippen LogP) is 0.834. The van der Waals surface area contributed by atoms with Crippen LogP contribution in [-0.2, 0) is 13.2 Å². The molecule has 13 heavy (non-hydrogen) atoms. The standard InChI is InChI=1S/C9H13N3O/c1-2-5-12-9(7-3-4-7)8(6-13)10-11-12/h2,7,13H,1,3-6H2. The Kier molecular flexibility index (Phi) is 2.14. The van der Waals surface area contributed by atoms with Crippen molar-refractivity contribution in [1.29, 1.82) is 0 Å². The van der Waals surface area contributed by atoms with Gasteiger partial charge in [-0.3, -0.25) is 0 Å². The second-order valence-electron chi connectivity index (χ2n) is 3.32. The lowest BCUT2D eigenvalue weighted by Gasteiger charge is -2.02. The van der Waals surface area contributed by atoms with Crippen LogP contribution in [0.3, 0.4) is 0 Å². The molecule has 0 aromatic carbocycles. The average molecular weight is 179 g/mol. The van der Waals surface area contributed by atoms with Gasteiger partial charge in [-0.05, 0) is 12.8 Å². The molecule has 1 fully saturated rings. The molecule has 0 atom stereocenters. The van der Waals surface area contributed by atoms with Crippen LogP contribution in [0.25, 0.3) is 0 Å². The van der Waals surface area contributed by atoms with Crippen LogP contribution in [-0.4, -0.2) is 20.1 Å². The van der Waals surface area contributed by atoms with Gasteiger partial charge in [-0.1, -0.05) is 11.3 Å². The molecule has 4 nitrogen and oxygen atoms in total. The van der Waals surface area contributed by atoms with E-state index in [9.17, 15) is 0 Å². The Morgan fingerprint density at radius 2 is 2.38 bits per heavy atom. The van der Waals surface area contributed by atoms with E-state index in [0.717, 1.165) is 11.4 Å². The normalized spacial score (nSPS) is 16.1. The van der Waals surface area contributed by atoms with Crippen LogP contribution in [0.2, 0.25) is 0 Å². The first-order valence-corrected chi connectivity index (χ1v) is 4.50. The van der Waals surface area contributed by atoms with E-state index in [-0.39, 0.29) is 6.61 Å². The summed E-state index contributed by atoms with van der Waals surface area (Å²) in [5.74, 6) is 0.567. The summed E-state index contributed by atoms with van der Waals surface area (Å²) in [6.45, 7) is 4.33. The highest BCUT2D eigenvalue weighted by atomic mass is 16.3. The van der Waals surface area contributed by atoms with E-state index in [1.54, 1.807) is 6.08 Å². The van der Waals surface area contributed by atoms with Gasteiger partial charge in [-0.2, -0.15) is 0 Å². The monoisotopic (exact) mass is 179 g/mol. The smallest absolute Gasteiger partial charge is 0.112 e. The van der Waals surface area contributed by atoms with Crippen LogP contribution in [0, 0.1) is 0 Å². The fourth-order valence-electron chi connectivity index (χ4n) is 1.53. The highest BCUT2D eigenvalue weighted by molar-refractivity contribution is 5.20. The maximum absolute atomic E-state index is 9.03. The third-order valence-electron chi connectivity index (χ3n) is 2.26. The fourth-order valence-corrected chi connectivity index (χ4v) is 1.53. The number of aromatic nitrogens is 3. The highest BCUT2D eigenvalue weighted by Gasteiger charge is 2.30. The van der Waals surface area contributed by atoms with Gasteiger partial charge in [0.05, 0.1) is 18.8 Å². The van der Waals surface area contributed by atoms with Crippen molar-refractivity contribution in [2.24, 2.45) is 0 Å². The molecule has 4 heteroatoms. The van der Waals surface area contributed by atoms with E-state index in [1.807, 2.05) is 4.68 Å². The molecule has 1 N–H and O–H groups in total. The molecule has 0 amide bonds. The summed E-state index contributed by atoms with van der Waals surface area (Å²) in [4.78, 5) is 0. The van der Waals surface area contributed by atoms with E-state index in [1.165, 1.54) is 12.8 Å². The number of nitrogens with zero attached hydrogens (tertiary/aromatic N) is 3. The Balaban J connectivity index is 2.32. The van der Waals surface area contributed by atoms with E-state index >= 15 is 0 Å². The number of allylic oxidation sites excluding steroid dienone is 1. The van der Waals surface area contributed by atoms with Crippen LogP contribution in [0.4, 0.5) is 0 Å². The summed E-state index contributed by atoms with van der Waals surface area (Å²) in [6.07, 6.45) is 4.18. The van der Waals surface area contributed by atoms with Gasteiger partial charge in [0.25, 0.3) is 0 Å². The SMILES string of the molecule is C=CCn1nnc(CO)c1C1CC1. The summed E-state index contributed by atoms with van der Waals surface area (Å²) < 4.78 is 1.83. The van der Waals surface area contributed by atoms with Crippen molar-refractivity contribution in [3.8, 4) is 0 Å². The van der Waals surface area contributed by atoms with Crippen molar-refractivity contribution in [1.82, 2.24) is 15.0 Å². The van der Waals surface area contributed by atoms with Crippen molar-refractivity contribution >= 4 is 0 Å². The molecule has 1 aliphatic rings. The quantitative estimate of drug-likeness (QED) is 0.696. The van der Waals surface area contributed by atoms with Crippen molar-refractivity contribution < 1.29 is 5.11 Å². The number of rotatable bonds is 4. The summed E-state index contributed by atoms with van der Waals surface area (Å²) in [6, 6.07) is 0. The maximum Gasteiger partial charge on any atom is 0.112 e. The molecule has 0 saturated heterocycles. The topological polar surface area (TPSA) is 50.9 Å². The molecule has 0 unspecified atom stereocenters. The molecule has 0 radical (unpaired) electrons. The first kappa shape index (κ1) is 8.44. The summed E-state index contributed by atoms with van der Waals surface area (Å²) in [5, 5.41) is 16.9. The predicted molar refractivity (Wildman–Crippen MR) is 48.1 cm³/mol. The molecule has 2 rings (SSSR count). The zero-order valence-corrected chi connectivity index (χ0v) is 7.48. The molecule has 1 aliphatic carbocycles. The van der Waals surface area contributed by atoms with Crippen LogP contribution in [0.15, 0.2) is 12.7 Å². The lowest BCUT2D eigenvalue weighted by molar-refractivity contribution is 0.275. The Hall–Kier alpha value is -1.16. The molecule has 0 spiro atoms. The minimum absolute atomic E-state index is 0.0109. The molecule has 0 aliphatic heterocycles. The summed E-state index contributed by atoms with van der Waals surface area (Å²) >= 11 is 0. The third kappa shape index (κ3) is 1.49. The van der Waals surface area contributed by atoms with Gasteiger partial charge >= 0.3 is 0 Å². The van der Waals surface area contributed by atoms with E-state index < -0.39 is 0 Å². The van der Waals surface area contributed by atoms with E-state index in [4.69, 9.17) is 5.11 Å². The van der Waals surface area contributed by atoms with Gasteiger partial charge in [0.1, 0.15) is 5.69 Å². The molecule has 1 aromatic heterocycles. The Morgan fingerprint density at radius 1 is 1.62 bits per heavy atom. The van der Waals surface area contributed by atoms with Gasteiger partial charge in [0.15, 0.2) is 0 Å². The van der Waals surface area contributed by atoms with Gasteiger partial charge in [-0.15, -0.1) is 11.7 Å². The Morgan fingerprint density at radius 3 is 2.92 bits per heavy atom.